The van der Waals surface area contributed by atoms with Gasteiger partial charge in [-0.1, -0.05) is 37.1 Å². The Morgan fingerprint density at radius 1 is 0.905 bits per heavy atom. The first kappa shape index (κ1) is 28.9. The van der Waals surface area contributed by atoms with Crippen molar-refractivity contribution in [2.45, 2.75) is 37.8 Å². The van der Waals surface area contributed by atoms with Gasteiger partial charge in [-0.3, -0.25) is 14.5 Å². The molecule has 9 nitrogen and oxygen atoms in total. The number of hydrogen-bond acceptors (Lipinski definition) is 8. The molecular weight excluding hydrogens is 552 g/mol. The molecule has 0 bridgehead atoms. The van der Waals surface area contributed by atoms with Crippen molar-refractivity contribution in [2.75, 3.05) is 32.0 Å². The average molecular weight is 587 g/mol. The van der Waals surface area contributed by atoms with Gasteiger partial charge in [-0.2, -0.15) is 4.37 Å². The van der Waals surface area contributed by atoms with Crippen molar-refractivity contribution in [1.29, 1.82) is 0 Å². The molecule has 2 amide bonds. The van der Waals surface area contributed by atoms with E-state index in [9.17, 15) is 9.59 Å². The second-order valence-corrected chi connectivity index (χ2v) is 10.8. The van der Waals surface area contributed by atoms with Gasteiger partial charge in [0.1, 0.15) is 33.9 Å². The van der Waals surface area contributed by atoms with E-state index in [1.807, 2.05) is 30.3 Å². The number of para-hydroxylation sites is 2. The van der Waals surface area contributed by atoms with Gasteiger partial charge >= 0.3 is 0 Å². The van der Waals surface area contributed by atoms with Crippen LogP contribution in [0, 0.1) is 0 Å². The summed E-state index contributed by atoms with van der Waals surface area (Å²) in [4.78, 5) is 30.4. The third kappa shape index (κ3) is 5.89. The molecule has 3 aromatic carbocycles. The number of anilines is 2. The molecular formula is C32H34N4O5S. The maximum absolute atomic E-state index is 14.6. The highest BCUT2D eigenvalue weighted by atomic mass is 32.1. The lowest BCUT2D eigenvalue weighted by Gasteiger charge is -2.33. The van der Waals surface area contributed by atoms with Crippen molar-refractivity contribution in [3.8, 4) is 28.5 Å². The Labute approximate surface area is 249 Å². The molecule has 1 unspecified atom stereocenters. The van der Waals surface area contributed by atoms with Crippen LogP contribution < -0.4 is 30.2 Å². The van der Waals surface area contributed by atoms with Crippen LogP contribution in [0.3, 0.4) is 0 Å². The lowest BCUT2D eigenvalue weighted by molar-refractivity contribution is -0.123. The third-order valence-corrected chi connectivity index (χ3v) is 8.34. The summed E-state index contributed by atoms with van der Waals surface area (Å²) in [5.41, 5.74) is 9.12. The molecule has 1 saturated carbocycles. The summed E-state index contributed by atoms with van der Waals surface area (Å²) in [6.45, 7) is 0. The number of benzene rings is 3. The number of carbonyl (C=O) groups is 2. The van der Waals surface area contributed by atoms with Gasteiger partial charge in [0.25, 0.3) is 5.91 Å². The smallest absolute Gasteiger partial charge is 0.273 e. The summed E-state index contributed by atoms with van der Waals surface area (Å²) in [5.74, 6) is 1.03. The molecule has 5 rings (SSSR count). The number of nitrogens with one attached hydrogen (secondary N) is 1. The molecule has 3 N–H and O–H groups in total. The Morgan fingerprint density at radius 3 is 2.14 bits per heavy atom. The highest BCUT2D eigenvalue weighted by Gasteiger charge is 2.38. The summed E-state index contributed by atoms with van der Waals surface area (Å²) < 4.78 is 20.8. The van der Waals surface area contributed by atoms with E-state index in [1.54, 1.807) is 56.7 Å². The summed E-state index contributed by atoms with van der Waals surface area (Å²) >= 11 is 0.999. The standard InChI is InChI=1S/C32H34N4O5S/c1-39-23-16-12-20(13-17-23)28-27(33)30(42-35-28)32(38)36(25-10-6-7-11-26(25)41-3)29(21-14-18-24(40-2)19-15-21)31(37)34-22-8-4-5-9-22/h6-7,10-19,22,29H,4-5,8-9,33H2,1-3H3,(H,34,37). The van der Waals surface area contributed by atoms with Crippen LogP contribution in [0.4, 0.5) is 11.4 Å². The number of ether oxygens (including phenoxy) is 3. The zero-order chi connectivity index (χ0) is 29.6. The van der Waals surface area contributed by atoms with E-state index in [1.165, 1.54) is 12.0 Å². The van der Waals surface area contributed by atoms with Gasteiger partial charge in [-0.15, -0.1) is 0 Å². The maximum Gasteiger partial charge on any atom is 0.273 e. The minimum absolute atomic E-state index is 0.0445. The van der Waals surface area contributed by atoms with Crippen LogP contribution >= 0.6 is 11.5 Å². The van der Waals surface area contributed by atoms with Crippen LogP contribution in [0.2, 0.25) is 0 Å². The summed E-state index contributed by atoms with van der Waals surface area (Å²) in [5, 5.41) is 3.20. The fourth-order valence-corrected chi connectivity index (χ4v) is 6.02. The lowest BCUT2D eigenvalue weighted by Crippen LogP contribution is -2.46. The van der Waals surface area contributed by atoms with E-state index in [2.05, 4.69) is 9.69 Å². The molecule has 1 aliphatic rings. The summed E-state index contributed by atoms with van der Waals surface area (Å²) in [7, 11) is 4.71. The summed E-state index contributed by atoms with van der Waals surface area (Å²) in [6.07, 6.45) is 3.91. The lowest BCUT2D eigenvalue weighted by atomic mass is 10.0. The number of carbonyl (C=O) groups excluding carboxylic acids is 2. The number of aromatic nitrogens is 1. The number of hydrogen-bond donors (Lipinski definition) is 2. The van der Waals surface area contributed by atoms with Gasteiger partial charge in [-0.05, 0) is 78.5 Å². The van der Waals surface area contributed by atoms with E-state index >= 15 is 0 Å². The van der Waals surface area contributed by atoms with E-state index < -0.39 is 11.9 Å². The number of nitrogens with two attached hydrogens (primary N) is 1. The topological polar surface area (TPSA) is 116 Å². The van der Waals surface area contributed by atoms with Crippen LogP contribution in [0.1, 0.15) is 47.0 Å². The number of rotatable bonds is 10. The molecule has 1 atom stereocenters. The number of nitrogen functional groups attached to an aromatic ring is 1. The van der Waals surface area contributed by atoms with E-state index in [4.69, 9.17) is 19.9 Å². The fourth-order valence-electron chi connectivity index (χ4n) is 5.27. The highest BCUT2D eigenvalue weighted by molar-refractivity contribution is 7.09. The Hall–Kier alpha value is -4.57. The molecule has 10 heteroatoms. The maximum atomic E-state index is 14.6. The van der Waals surface area contributed by atoms with Gasteiger partial charge in [-0.25, -0.2) is 0 Å². The van der Waals surface area contributed by atoms with Gasteiger partial charge in [0.05, 0.1) is 32.7 Å². The zero-order valence-electron chi connectivity index (χ0n) is 23.8. The van der Waals surface area contributed by atoms with Gasteiger partial charge in [0, 0.05) is 11.6 Å². The molecule has 1 fully saturated rings. The summed E-state index contributed by atoms with van der Waals surface area (Å²) in [6, 6.07) is 20.6. The largest absolute Gasteiger partial charge is 0.497 e. The molecule has 0 spiro atoms. The number of amides is 2. The normalized spacial score (nSPS) is 13.8. The third-order valence-electron chi connectivity index (χ3n) is 7.49. The predicted molar refractivity (Wildman–Crippen MR) is 164 cm³/mol. The Morgan fingerprint density at radius 2 is 1.52 bits per heavy atom. The first-order chi connectivity index (χ1) is 20.4. The van der Waals surface area contributed by atoms with Crippen LogP contribution in [-0.2, 0) is 4.79 Å². The van der Waals surface area contributed by atoms with Crippen LogP contribution in [0.25, 0.3) is 11.3 Å². The first-order valence-electron chi connectivity index (χ1n) is 13.8. The highest BCUT2D eigenvalue weighted by Crippen LogP contribution is 2.40. The van der Waals surface area contributed by atoms with Crippen molar-refractivity contribution in [1.82, 2.24) is 9.69 Å². The van der Waals surface area contributed by atoms with Crippen molar-refractivity contribution >= 4 is 34.7 Å². The Kier molecular flexibility index (Phi) is 8.92. The fraction of sp³-hybridized carbons (Fsp3) is 0.281. The van der Waals surface area contributed by atoms with Crippen molar-refractivity contribution in [3.05, 3.63) is 83.2 Å². The Bertz CT molecular complexity index is 1530. The van der Waals surface area contributed by atoms with E-state index in [0.29, 0.717) is 34.2 Å². The SMILES string of the molecule is COc1ccc(-c2nsc(C(=O)N(c3ccccc3OC)C(C(=O)NC3CCCC3)c3ccc(OC)cc3)c2N)cc1. The molecule has 4 aromatic rings. The predicted octanol–water partition coefficient (Wildman–Crippen LogP) is 5.87. The van der Waals surface area contributed by atoms with Crippen LogP contribution in [0.5, 0.6) is 17.2 Å². The first-order valence-corrected chi connectivity index (χ1v) is 14.5. The molecule has 42 heavy (non-hydrogen) atoms. The molecule has 1 aliphatic carbocycles. The molecule has 1 heterocycles. The minimum atomic E-state index is -1.02. The van der Waals surface area contributed by atoms with Crippen LogP contribution in [0.15, 0.2) is 72.8 Å². The second kappa shape index (κ2) is 12.9. The Balaban J connectivity index is 1.63. The number of methoxy groups -OCH3 is 3. The number of nitrogens with zero attached hydrogens (tertiary/aromatic N) is 2. The molecule has 218 valence electrons. The molecule has 0 radical (unpaired) electrons. The quantitative estimate of drug-likeness (QED) is 0.239. The molecule has 1 aromatic heterocycles. The van der Waals surface area contributed by atoms with Gasteiger partial charge < -0.3 is 25.3 Å². The van der Waals surface area contributed by atoms with Crippen molar-refractivity contribution in [2.24, 2.45) is 0 Å². The minimum Gasteiger partial charge on any atom is -0.497 e. The van der Waals surface area contributed by atoms with E-state index in [0.717, 1.165) is 42.8 Å². The monoisotopic (exact) mass is 586 g/mol. The van der Waals surface area contributed by atoms with Crippen LogP contribution in [-0.4, -0.2) is 43.6 Å². The van der Waals surface area contributed by atoms with Gasteiger partial charge in [0.15, 0.2) is 0 Å². The zero-order valence-corrected chi connectivity index (χ0v) is 24.6. The van der Waals surface area contributed by atoms with Crippen molar-refractivity contribution < 1.29 is 23.8 Å². The molecule has 0 saturated heterocycles. The second-order valence-electron chi connectivity index (χ2n) is 10.0. The van der Waals surface area contributed by atoms with E-state index in [-0.39, 0.29) is 22.5 Å². The van der Waals surface area contributed by atoms with Crippen molar-refractivity contribution in [3.63, 3.8) is 0 Å². The average Bonchev–Trinajstić information content (AvgIpc) is 3.69. The van der Waals surface area contributed by atoms with Gasteiger partial charge in [0.2, 0.25) is 5.91 Å². The molecule has 0 aliphatic heterocycles.